The third-order valence-electron chi connectivity index (χ3n) is 2.17. The fraction of sp³-hybridized carbons (Fsp3) is 0.636. The average molecular weight is 257 g/mol. The Labute approximate surface area is 107 Å². The molecular formula is C11H19N3O2S. The Balaban J connectivity index is 2.26. The van der Waals surface area contributed by atoms with Gasteiger partial charge in [-0.1, -0.05) is 0 Å². The number of oxazole rings is 1. The van der Waals surface area contributed by atoms with E-state index in [2.05, 4.69) is 15.6 Å². The van der Waals surface area contributed by atoms with Gasteiger partial charge in [0, 0.05) is 20.3 Å². The monoisotopic (exact) mass is 257 g/mol. The van der Waals surface area contributed by atoms with Crippen molar-refractivity contribution >= 4 is 17.3 Å². The summed E-state index contributed by atoms with van der Waals surface area (Å²) in [5.74, 6) is 1.44. The van der Waals surface area contributed by atoms with Crippen LogP contribution in [0.2, 0.25) is 0 Å². The summed E-state index contributed by atoms with van der Waals surface area (Å²) in [6.07, 6.45) is 2.62. The lowest BCUT2D eigenvalue weighted by molar-refractivity contribution is 0.195. The Kier molecular flexibility index (Phi) is 5.93. The Morgan fingerprint density at radius 3 is 3.00 bits per heavy atom. The second kappa shape index (κ2) is 7.24. The van der Waals surface area contributed by atoms with E-state index in [1.807, 2.05) is 13.8 Å². The zero-order chi connectivity index (χ0) is 12.7. The quantitative estimate of drug-likeness (QED) is 0.595. The first-order valence-corrected chi connectivity index (χ1v) is 6.00. The van der Waals surface area contributed by atoms with E-state index in [0.29, 0.717) is 11.0 Å². The van der Waals surface area contributed by atoms with Crippen molar-refractivity contribution in [3.8, 4) is 0 Å². The zero-order valence-electron chi connectivity index (χ0n) is 10.4. The van der Waals surface area contributed by atoms with Crippen molar-refractivity contribution in [3.05, 3.63) is 17.8 Å². The first-order chi connectivity index (χ1) is 8.13. The molecule has 0 spiro atoms. The van der Waals surface area contributed by atoms with Crippen LogP contribution in [0.25, 0.3) is 0 Å². The van der Waals surface area contributed by atoms with Crippen molar-refractivity contribution in [2.75, 3.05) is 20.3 Å². The summed E-state index contributed by atoms with van der Waals surface area (Å²) in [7, 11) is 1.68. The Hall–Kier alpha value is -1.14. The molecule has 17 heavy (non-hydrogen) atoms. The van der Waals surface area contributed by atoms with Gasteiger partial charge in [-0.05, 0) is 32.5 Å². The van der Waals surface area contributed by atoms with E-state index in [1.165, 1.54) is 0 Å². The summed E-state index contributed by atoms with van der Waals surface area (Å²) < 4.78 is 10.4. The number of methoxy groups -OCH3 is 1. The molecule has 0 bridgehead atoms. The summed E-state index contributed by atoms with van der Waals surface area (Å²) in [6, 6.07) is -0.0360. The minimum atomic E-state index is -0.0360. The lowest BCUT2D eigenvalue weighted by Gasteiger charge is -2.14. The van der Waals surface area contributed by atoms with Crippen LogP contribution in [-0.2, 0) is 4.74 Å². The number of ether oxygens (including phenoxy) is 1. The first-order valence-electron chi connectivity index (χ1n) is 5.59. The zero-order valence-corrected chi connectivity index (χ0v) is 11.3. The lowest BCUT2D eigenvalue weighted by Crippen LogP contribution is -2.37. The number of hydrogen-bond acceptors (Lipinski definition) is 4. The van der Waals surface area contributed by atoms with Crippen molar-refractivity contribution in [2.45, 2.75) is 26.3 Å². The largest absolute Gasteiger partial charge is 0.444 e. The van der Waals surface area contributed by atoms with Crippen LogP contribution in [0.15, 0.2) is 10.6 Å². The van der Waals surface area contributed by atoms with Crippen LogP contribution in [0.3, 0.4) is 0 Å². The maximum atomic E-state index is 5.41. The van der Waals surface area contributed by atoms with Gasteiger partial charge in [-0.2, -0.15) is 0 Å². The van der Waals surface area contributed by atoms with Crippen molar-refractivity contribution in [1.82, 2.24) is 15.6 Å². The highest BCUT2D eigenvalue weighted by Gasteiger charge is 2.11. The molecule has 1 unspecified atom stereocenters. The fourth-order valence-electron chi connectivity index (χ4n) is 1.30. The van der Waals surface area contributed by atoms with Crippen LogP contribution < -0.4 is 10.6 Å². The van der Waals surface area contributed by atoms with Crippen molar-refractivity contribution in [1.29, 1.82) is 0 Å². The molecule has 0 aliphatic carbocycles. The van der Waals surface area contributed by atoms with Crippen LogP contribution in [0.1, 0.15) is 31.0 Å². The van der Waals surface area contributed by atoms with E-state index in [-0.39, 0.29) is 6.04 Å². The van der Waals surface area contributed by atoms with E-state index < -0.39 is 0 Å². The maximum Gasteiger partial charge on any atom is 0.216 e. The minimum Gasteiger partial charge on any atom is -0.444 e. The summed E-state index contributed by atoms with van der Waals surface area (Å²) in [4.78, 5) is 4.14. The molecule has 96 valence electrons. The second-order valence-electron chi connectivity index (χ2n) is 3.78. The number of nitrogens with one attached hydrogen (secondary N) is 2. The van der Waals surface area contributed by atoms with E-state index in [1.54, 1.807) is 13.3 Å². The third kappa shape index (κ3) is 5.14. The molecule has 0 saturated carbocycles. The van der Waals surface area contributed by atoms with E-state index in [0.717, 1.165) is 25.3 Å². The minimum absolute atomic E-state index is 0.0360. The molecule has 2 N–H and O–H groups in total. The average Bonchev–Trinajstić information content (AvgIpc) is 2.71. The van der Waals surface area contributed by atoms with Crippen LogP contribution in [-0.4, -0.2) is 30.4 Å². The van der Waals surface area contributed by atoms with E-state index in [4.69, 9.17) is 21.4 Å². The lowest BCUT2D eigenvalue weighted by atomic mass is 10.3. The van der Waals surface area contributed by atoms with Gasteiger partial charge in [0.1, 0.15) is 11.8 Å². The maximum absolute atomic E-state index is 5.41. The van der Waals surface area contributed by atoms with Gasteiger partial charge in [0.2, 0.25) is 5.89 Å². The topological polar surface area (TPSA) is 59.3 Å². The van der Waals surface area contributed by atoms with Gasteiger partial charge in [-0.25, -0.2) is 4.98 Å². The molecule has 0 fully saturated rings. The van der Waals surface area contributed by atoms with Gasteiger partial charge in [-0.15, -0.1) is 0 Å². The Bertz CT molecular complexity index is 354. The van der Waals surface area contributed by atoms with Crippen molar-refractivity contribution in [3.63, 3.8) is 0 Å². The smallest absolute Gasteiger partial charge is 0.216 e. The SMILES string of the molecule is COCCCNC(=S)NC(C)c1ncc(C)o1. The number of aryl methyl sites for hydroxylation is 1. The molecule has 5 nitrogen and oxygen atoms in total. The highest BCUT2D eigenvalue weighted by molar-refractivity contribution is 7.80. The fourth-order valence-corrected chi connectivity index (χ4v) is 1.58. The second-order valence-corrected chi connectivity index (χ2v) is 4.19. The molecule has 1 heterocycles. The van der Waals surface area contributed by atoms with E-state index in [9.17, 15) is 0 Å². The van der Waals surface area contributed by atoms with Gasteiger partial charge in [0.25, 0.3) is 0 Å². The predicted molar refractivity (Wildman–Crippen MR) is 69.9 cm³/mol. The Morgan fingerprint density at radius 2 is 2.41 bits per heavy atom. The Morgan fingerprint density at radius 1 is 1.65 bits per heavy atom. The molecule has 6 heteroatoms. The molecule has 0 aliphatic heterocycles. The summed E-state index contributed by atoms with van der Waals surface area (Å²) in [5.41, 5.74) is 0. The molecule has 1 aromatic heterocycles. The molecular weight excluding hydrogens is 238 g/mol. The molecule has 0 aliphatic rings. The van der Waals surface area contributed by atoms with Gasteiger partial charge >= 0.3 is 0 Å². The number of thiocarbonyl (C=S) groups is 1. The van der Waals surface area contributed by atoms with Crippen LogP contribution in [0, 0.1) is 6.92 Å². The van der Waals surface area contributed by atoms with Gasteiger partial charge < -0.3 is 19.8 Å². The number of rotatable bonds is 6. The van der Waals surface area contributed by atoms with Crippen LogP contribution in [0.4, 0.5) is 0 Å². The number of aromatic nitrogens is 1. The van der Waals surface area contributed by atoms with Crippen LogP contribution in [0.5, 0.6) is 0 Å². The van der Waals surface area contributed by atoms with Crippen molar-refractivity contribution < 1.29 is 9.15 Å². The molecule has 0 aromatic carbocycles. The summed E-state index contributed by atoms with van der Waals surface area (Å²) in [6.45, 7) is 5.33. The first kappa shape index (κ1) is 13.9. The van der Waals surface area contributed by atoms with Gasteiger partial charge in [-0.3, -0.25) is 0 Å². The van der Waals surface area contributed by atoms with Crippen molar-refractivity contribution in [2.24, 2.45) is 0 Å². The standard InChI is InChI=1S/C11H19N3O2S/c1-8-7-13-10(16-8)9(2)14-11(17)12-5-4-6-15-3/h7,9H,4-6H2,1-3H3,(H2,12,14,17). The predicted octanol–water partition coefficient (Wildman–Crippen LogP) is 1.54. The molecule has 1 atom stereocenters. The molecule has 0 amide bonds. The number of hydrogen-bond donors (Lipinski definition) is 2. The molecule has 1 rings (SSSR count). The third-order valence-corrected chi connectivity index (χ3v) is 2.43. The van der Waals surface area contributed by atoms with Gasteiger partial charge in [0.05, 0.1) is 6.20 Å². The highest BCUT2D eigenvalue weighted by atomic mass is 32.1. The molecule has 1 aromatic rings. The number of nitrogens with zero attached hydrogens (tertiary/aromatic N) is 1. The summed E-state index contributed by atoms with van der Waals surface area (Å²) >= 11 is 5.15. The van der Waals surface area contributed by atoms with E-state index >= 15 is 0 Å². The van der Waals surface area contributed by atoms with Crippen LogP contribution >= 0.6 is 12.2 Å². The molecule has 0 radical (unpaired) electrons. The molecule has 0 saturated heterocycles. The summed E-state index contributed by atoms with van der Waals surface area (Å²) in [5, 5.41) is 6.81. The highest BCUT2D eigenvalue weighted by Crippen LogP contribution is 2.11. The normalized spacial score (nSPS) is 12.2. The van der Waals surface area contributed by atoms with Gasteiger partial charge in [0.15, 0.2) is 5.11 Å².